The summed E-state index contributed by atoms with van der Waals surface area (Å²) < 4.78 is 5.79. The van der Waals surface area contributed by atoms with Crippen molar-refractivity contribution < 1.29 is 9.53 Å². The van der Waals surface area contributed by atoms with Crippen molar-refractivity contribution in [3.8, 4) is 5.75 Å². The maximum Gasteiger partial charge on any atom is 0.259 e. The van der Waals surface area contributed by atoms with Gasteiger partial charge in [0, 0.05) is 5.69 Å². The predicted molar refractivity (Wildman–Crippen MR) is 108 cm³/mol. The third-order valence-corrected chi connectivity index (χ3v) is 3.74. The van der Waals surface area contributed by atoms with Crippen LogP contribution in [0.25, 0.3) is 0 Å². The van der Waals surface area contributed by atoms with E-state index in [1.807, 2.05) is 84.9 Å². The number of amides is 1. The van der Waals surface area contributed by atoms with E-state index in [0.717, 1.165) is 22.6 Å². The van der Waals surface area contributed by atoms with Crippen molar-refractivity contribution in [3.05, 3.63) is 96.1 Å². The molecule has 5 nitrogen and oxygen atoms in total. The molecule has 27 heavy (non-hydrogen) atoms. The molecule has 0 atom stereocenters. The number of hydrogen-bond acceptors (Lipinski definition) is 4. The first-order valence-corrected chi connectivity index (χ1v) is 8.67. The van der Waals surface area contributed by atoms with Gasteiger partial charge in [-0.25, -0.2) is 5.43 Å². The molecule has 0 aliphatic carbocycles. The quantitative estimate of drug-likeness (QED) is 0.475. The molecule has 0 aliphatic rings. The molecule has 3 aromatic carbocycles. The molecule has 2 N–H and O–H groups in total. The molecule has 5 heteroatoms. The van der Waals surface area contributed by atoms with E-state index in [4.69, 9.17) is 4.74 Å². The molecular weight excluding hydrogens is 338 g/mol. The van der Waals surface area contributed by atoms with Gasteiger partial charge >= 0.3 is 0 Å². The van der Waals surface area contributed by atoms with E-state index >= 15 is 0 Å². The summed E-state index contributed by atoms with van der Waals surface area (Å²) in [6.07, 6.45) is 1.59. The number of nitrogens with zero attached hydrogens (tertiary/aromatic N) is 1. The number of ether oxygens (including phenoxy) is 1. The Hall–Kier alpha value is -3.60. The zero-order chi connectivity index (χ0) is 18.7. The number of anilines is 1. The Balaban J connectivity index is 1.46. The van der Waals surface area contributed by atoms with Crippen molar-refractivity contribution in [2.75, 3.05) is 11.9 Å². The number of carbonyl (C=O) groups is 1. The monoisotopic (exact) mass is 359 g/mol. The van der Waals surface area contributed by atoms with Crippen LogP contribution in [0.2, 0.25) is 0 Å². The van der Waals surface area contributed by atoms with Crippen molar-refractivity contribution in [2.24, 2.45) is 5.10 Å². The lowest BCUT2D eigenvalue weighted by atomic mass is 10.2. The Morgan fingerprint density at radius 1 is 0.926 bits per heavy atom. The molecule has 136 valence electrons. The number of para-hydroxylation sites is 1. The van der Waals surface area contributed by atoms with E-state index in [1.165, 1.54) is 0 Å². The normalized spacial score (nSPS) is 10.5. The summed E-state index contributed by atoms with van der Waals surface area (Å²) in [7, 11) is 0. The highest BCUT2D eigenvalue weighted by Gasteiger charge is 2.00. The maximum atomic E-state index is 11.8. The summed E-state index contributed by atoms with van der Waals surface area (Å²) in [6.45, 7) is 0.658. The molecular formula is C22H21N3O2. The van der Waals surface area contributed by atoms with Gasteiger partial charge in [-0.2, -0.15) is 5.10 Å². The van der Waals surface area contributed by atoms with Gasteiger partial charge in [0.05, 0.1) is 12.8 Å². The first kappa shape index (κ1) is 18.2. The summed E-state index contributed by atoms with van der Waals surface area (Å²) in [5.41, 5.74) is 5.35. The summed E-state index contributed by atoms with van der Waals surface area (Å²) in [5.74, 6) is 0.534. The zero-order valence-corrected chi connectivity index (χ0v) is 14.8. The van der Waals surface area contributed by atoms with E-state index in [-0.39, 0.29) is 12.5 Å². The number of rotatable bonds is 8. The van der Waals surface area contributed by atoms with Gasteiger partial charge in [-0.3, -0.25) is 4.79 Å². The van der Waals surface area contributed by atoms with Gasteiger partial charge in [0.1, 0.15) is 12.4 Å². The molecule has 0 unspecified atom stereocenters. The van der Waals surface area contributed by atoms with Gasteiger partial charge in [-0.05, 0) is 35.4 Å². The molecule has 0 saturated carbocycles. The minimum Gasteiger partial charge on any atom is -0.489 e. The lowest BCUT2D eigenvalue weighted by Gasteiger charge is -2.07. The van der Waals surface area contributed by atoms with Crippen molar-refractivity contribution in [1.29, 1.82) is 0 Å². The van der Waals surface area contributed by atoms with Crippen LogP contribution in [-0.2, 0) is 11.4 Å². The van der Waals surface area contributed by atoms with Crippen LogP contribution in [0.1, 0.15) is 11.1 Å². The minimum atomic E-state index is -0.216. The Morgan fingerprint density at radius 3 is 2.44 bits per heavy atom. The first-order valence-electron chi connectivity index (χ1n) is 8.67. The maximum absolute atomic E-state index is 11.8. The number of hydrazone groups is 1. The summed E-state index contributed by atoms with van der Waals surface area (Å²) in [6, 6.07) is 27.1. The van der Waals surface area contributed by atoms with Crippen LogP contribution in [0, 0.1) is 0 Å². The van der Waals surface area contributed by atoms with E-state index in [2.05, 4.69) is 15.8 Å². The zero-order valence-electron chi connectivity index (χ0n) is 14.8. The van der Waals surface area contributed by atoms with Crippen LogP contribution >= 0.6 is 0 Å². The lowest BCUT2D eigenvalue weighted by Crippen LogP contribution is -2.25. The van der Waals surface area contributed by atoms with Crippen LogP contribution in [-0.4, -0.2) is 18.7 Å². The Morgan fingerprint density at radius 2 is 1.67 bits per heavy atom. The number of nitrogens with one attached hydrogen (secondary N) is 2. The number of benzene rings is 3. The summed E-state index contributed by atoms with van der Waals surface area (Å²) >= 11 is 0. The third kappa shape index (κ3) is 6.32. The van der Waals surface area contributed by atoms with Crippen LogP contribution in [0.3, 0.4) is 0 Å². The fourth-order valence-electron chi connectivity index (χ4n) is 2.38. The Bertz CT molecular complexity index is 880. The van der Waals surface area contributed by atoms with E-state index in [0.29, 0.717) is 6.61 Å². The number of carbonyl (C=O) groups excluding carboxylic acids is 1. The van der Waals surface area contributed by atoms with Crippen molar-refractivity contribution in [1.82, 2.24) is 5.43 Å². The smallest absolute Gasteiger partial charge is 0.259 e. The molecule has 0 spiro atoms. The predicted octanol–water partition coefficient (Wildman–Crippen LogP) is 3.83. The fourth-order valence-corrected chi connectivity index (χ4v) is 2.38. The van der Waals surface area contributed by atoms with Crippen molar-refractivity contribution in [3.63, 3.8) is 0 Å². The van der Waals surface area contributed by atoms with E-state index in [9.17, 15) is 4.79 Å². The Kier molecular flexibility index (Phi) is 6.59. The van der Waals surface area contributed by atoms with Crippen LogP contribution in [0.5, 0.6) is 5.75 Å². The fraction of sp³-hybridized carbons (Fsp3) is 0.0909. The Labute approximate surface area is 158 Å². The van der Waals surface area contributed by atoms with Gasteiger partial charge in [0.15, 0.2) is 0 Å². The molecule has 1 amide bonds. The molecule has 0 radical (unpaired) electrons. The highest BCUT2D eigenvalue weighted by Crippen LogP contribution is 2.14. The molecule has 0 saturated heterocycles. The second-order valence-corrected chi connectivity index (χ2v) is 5.86. The first-order chi connectivity index (χ1) is 13.3. The molecule has 3 aromatic rings. The number of hydrogen-bond donors (Lipinski definition) is 2. The van der Waals surface area contributed by atoms with Crippen molar-refractivity contribution in [2.45, 2.75) is 6.61 Å². The highest BCUT2D eigenvalue weighted by atomic mass is 16.5. The molecule has 0 bridgehead atoms. The van der Waals surface area contributed by atoms with Gasteiger partial charge < -0.3 is 10.1 Å². The van der Waals surface area contributed by atoms with Gasteiger partial charge in [-0.15, -0.1) is 0 Å². The standard InChI is InChI=1S/C22H21N3O2/c26-22(16-23-20-11-5-2-6-12-20)25-24-15-19-10-7-13-21(14-19)27-17-18-8-3-1-4-9-18/h1-15,23H,16-17H2,(H,25,26)/b24-15+. The van der Waals surface area contributed by atoms with Gasteiger partial charge in [0.25, 0.3) is 5.91 Å². The topological polar surface area (TPSA) is 62.7 Å². The van der Waals surface area contributed by atoms with Crippen LogP contribution < -0.4 is 15.5 Å². The average Bonchev–Trinajstić information content (AvgIpc) is 2.73. The van der Waals surface area contributed by atoms with Crippen LogP contribution in [0.15, 0.2) is 90.0 Å². The summed E-state index contributed by atoms with van der Waals surface area (Å²) in [5, 5.41) is 7.02. The van der Waals surface area contributed by atoms with E-state index < -0.39 is 0 Å². The molecule has 0 aromatic heterocycles. The molecule has 3 rings (SSSR count). The van der Waals surface area contributed by atoms with E-state index in [1.54, 1.807) is 6.21 Å². The summed E-state index contributed by atoms with van der Waals surface area (Å²) in [4.78, 5) is 11.8. The molecule has 0 aliphatic heterocycles. The lowest BCUT2D eigenvalue weighted by molar-refractivity contribution is -0.119. The third-order valence-electron chi connectivity index (χ3n) is 3.74. The van der Waals surface area contributed by atoms with Crippen LogP contribution in [0.4, 0.5) is 5.69 Å². The SMILES string of the molecule is O=C(CNc1ccccc1)N/N=C/c1cccc(OCc2ccccc2)c1. The second-order valence-electron chi connectivity index (χ2n) is 5.86. The molecule has 0 heterocycles. The van der Waals surface area contributed by atoms with Gasteiger partial charge in [-0.1, -0.05) is 60.7 Å². The minimum absolute atomic E-state index is 0.154. The molecule has 0 fully saturated rings. The average molecular weight is 359 g/mol. The second kappa shape index (κ2) is 9.77. The largest absolute Gasteiger partial charge is 0.489 e. The highest BCUT2D eigenvalue weighted by molar-refractivity contribution is 5.84. The van der Waals surface area contributed by atoms with Crippen molar-refractivity contribution >= 4 is 17.8 Å². The van der Waals surface area contributed by atoms with Gasteiger partial charge in [0.2, 0.25) is 0 Å².